The number of methoxy groups -OCH3 is 1. The Bertz CT molecular complexity index is 405. The Hall–Kier alpha value is -1.16. The van der Waals surface area contributed by atoms with E-state index in [0.717, 1.165) is 12.8 Å². The van der Waals surface area contributed by atoms with E-state index in [1.807, 2.05) is 0 Å². The van der Waals surface area contributed by atoms with E-state index < -0.39 is 11.6 Å². The molecule has 0 saturated heterocycles. The van der Waals surface area contributed by atoms with Gasteiger partial charge in [0.25, 0.3) is 0 Å². The van der Waals surface area contributed by atoms with Gasteiger partial charge >= 0.3 is 0 Å². The first-order valence-corrected chi connectivity index (χ1v) is 5.83. The molecule has 0 heterocycles. The van der Waals surface area contributed by atoms with Crippen LogP contribution in [0.2, 0.25) is 0 Å². The number of benzene rings is 1. The maximum atomic E-state index is 13.8. The SMILES string of the molecule is COCC(Nc1c(F)ccc(C)c1F)C1CC1. The highest BCUT2D eigenvalue weighted by Crippen LogP contribution is 2.35. The molecule has 1 unspecified atom stereocenters. The van der Waals surface area contributed by atoms with Crippen molar-refractivity contribution in [1.82, 2.24) is 0 Å². The maximum absolute atomic E-state index is 13.8. The molecular weight excluding hydrogens is 224 g/mol. The van der Waals surface area contributed by atoms with Gasteiger partial charge in [0.2, 0.25) is 0 Å². The van der Waals surface area contributed by atoms with E-state index in [1.165, 1.54) is 12.1 Å². The van der Waals surface area contributed by atoms with Crippen molar-refractivity contribution in [3.8, 4) is 0 Å². The fourth-order valence-electron chi connectivity index (χ4n) is 1.95. The molecule has 1 aliphatic carbocycles. The summed E-state index contributed by atoms with van der Waals surface area (Å²) in [5.41, 5.74) is 0.416. The molecule has 1 fully saturated rings. The number of ether oxygens (including phenoxy) is 1. The van der Waals surface area contributed by atoms with Crippen LogP contribution in [0.3, 0.4) is 0 Å². The fraction of sp³-hybridized carbons (Fsp3) is 0.538. The minimum atomic E-state index is -0.546. The molecule has 0 radical (unpaired) electrons. The van der Waals surface area contributed by atoms with Crippen LogP contribution in [0, 0.1) is 24.5 Å². The summed E-state index contributed by atoms with van der Waals surface area (Å²) >= 11 is 0. The number of nitrogens with one attached hydrogen (secondary N) is 1. The zero-order valence-electron chi connectivity index (χ0n) is 10.1. The van der Waals surface area contributed by atoms with Gasteiger partial charge < -0.3 is 10.1 Å². The standard InChI is InChI=1S/C13H17F2NO/c1-8-3-6-10(14)13(12(8)15)16-11(7-17-2)9-4-5-9/h3,6,9,11,16H,4-5,7H2,1-2H3. The molecule has 2 rings (SSSR count). The van der Waals surface area contributed by atoms with Gasteiger partial charge in [0.15, 0.2) is 5.82 Å². The van der Waals surface area contributed by atoms with Gasteiger partial charge in [-0.2, -0.15) is 0 Å². The predicted molar refractivity (Wildman–Crippen MR) is 63.1 cm³/mol. The number of aryl methyl sites for hydroxylation is 1. The molecule has 17 heavy (non-hydrogen) atoms. The molecule has 0 aliphatic heterocycles. The topological polar surface area (TPSA) is 21.3 Å². The van der Waals surface area contributed by atoms with Gasteiger partial charge in [0, 0.05) is 7.11 Å². The summed E-state index contributed by atoms with van der Waals surface area (Å²) in [7, 11) is 1.60. The van der Waals surface area contributed by atoms with Gasteiger partial charge in [0.1, 0.15) is 11.5 Å². The summed E-state index contributed by atoms with van der Waals surface area (Å²) in [4.78, 5) is 0. The van der Waals surface area contributed by atoms with Crippen LogP contribution < -0.4 is 5.32 Å². The predicted octanol–water partition coefficient (Wildman–Crippen LogP) is 3.11. The van der Waals surface area contributed by atoms with E-state index >= 15 is 0 Å². The summed E-state index contributed by atoms with van der Waals surface area (Å²) in [5.74, 6) is -0.587. The molecule has 1 saturated carbocycles. The average Bonchev–Trinajstić information content (AvgIpc) is 3.12. The minimum Gasteiger partial charge on any atom is -0.383 e. The van der Waals surface area contributed by atoms with Crippen molar-refractivity contribution in [2.75, 3.05) is 19.0 Å². The van der Waals surface area contributed by atoms with Crippen molar-refractivity contribution >= 4 is 5.69 Å². The van der Waals surface area contributed by atoms with Gasteiger partial charge in [-0.25, -0.2) is 8.78 Å². The van der Waals surface area contributed by atoms with Crippen molar-refractivity contribution in [2.24, 2.45) is 5.92 Å². The minimum absolute atomic E-state index is 0.00852. The smallest absolute Gasteiger partial charge is 0.152 e. The van der Waals surface area contributed by atoms with Crippen LogP contribution in [-0.2, 0) is 4.74 Å². The zero-order valence-corrected chi connectivity index (χ0v) is 10.1. The molecule has 0 bridgehead atoms. The highest BCUT2D eigenvalue weighted by Gasteiger charge is 2.32. The molecular formula is C13H17F2NO. The monoisotopic (exact) mass is 241 g/mol. The highest BCUT2D eigenvalue weighted by atomic mass is 19.1. The molecule has 1 N–H and O–H groups in total. The average molecular weight is 241 g/mol. The molecule has 94 valence electrons. The fourth-order valence-corrected chi connectivity index (χ4v) is 1.95. The Labute approximate surface area is 100.0 Å². The lowest BCUT2D eigenvalue weighted by Gasteiger charge is -2.20. The molecule has 4 heteroatoms. The van der Waals surface area contributed by atoms with Gasteiger partial charge in [-0.3, -0.25) is 0 Å². The Morgan fingerprint density at radius 1 is 1.41 bits per heavy atom. The number of rotatable bonds is 5. The van der Waals surface area contributed by atoms with Crippen molar-refractivity contribution in [1.29, 1.82) is 0 Å². The Balaban J connectivity index is 2.18. The molecule has 0 spiro atoms. The zero-order chi connectivity index (χ0) is 12.4. The molecule has 1 aromatic rings. The summed E-state index contributed by atoms with van der Waals surface area (Å²) in [5, 5.41) is 2.94. The highest BCUT2D eigenvalue weighted by molar-refractivity contribution is 5.50. The van der Waals surface area contributed by atoms with Gasteiger partial charge in [-0.05, 0) is 37.3 Å². The number of halogens is 2. The van der Waals surface area contributed by atoms with Crippen molar-refractivity contribution in [3.63, 3.8) is 0 Å². The van der Waals surface area contributed by atoms with Gasteiger partial charge in [0.05, 0.1) is 12.6 Å². The summed E-state index contributed by atoms with van der Waals surface area (Å²) in [6.45, 7) is 2.10. The first-order valence-electron chi connectivity index (χ1n) is 5.83. The quantitative estimate of drug-likeness (QED) is 0.855. The second-order valence-electron chi connectivity index (χ2n) is 4.60. The first-order chi connectivity index (χ1) is 8.13. The van der Waals surface area contributed by atoms with Crippen LogP contribution in [-0.4, -0.2) is 19.8 Å². The Morgan fingerprint density at radius 2 is 2.12 bits per heavy atom. The van der Waals surface area contributed by atoms with E-state index in [1.54, 1.807) is 14.0 Å². The van der Waals surface area contributed by atoms with Crippen LogP contribution in [0.15, 0.2) is 12.1 Å². The summed E-state index contributed by atoms with van der Waals surface area (Å²) in [6.07, 6.45) is 2.19. The molecule has 2 nitrogen and oxygen atoms in total. The third-order valence-electron chi connectivity index (χ3n) is 3.15. The van der Waals surface area contributed by atoms with Crippen LogP contribution >= 0.6 is 0 Å². The van der Waals surface area contributed by atoms with E-state index in [9.17, 15) is 8.78 Å². The summed E-state index contributed by atoms with van der Waals surface area (Å²) in [6, 6.07) is 2.72. The third kappa shape index (κ3) is 2.75. The second-order valence-corrected chi connectivity index (χ2v) is 4.60. The first kappa shape index (κ1) is 12.3. The molecule has 1 aromatic carbocycles. The summed E-state index contributed by atoms with van der Waals surface area (Å²) < 4.78 is 32.5. The van der Waals surface area contributed by atoms with Crippen molar-refractivity contribution < 1.29 is 13.5 Å². The Kier molecular flexibility index (Phi) is 3.62. The molecule has 0 aromatic heterocycles. The Morgan fingerprint density at radius 3 is 2.71 bits per heavy atom. The van der Waals surface area contributed by atoms with Crippen molar-refractivity contribution in [2.45, 2.75) is 25.8 Å². The second kappa shape index (κ2) is 5.00. The van der Waals surface area contributed by atoms with E-state index in [0.29, 0.717) is 18.1 Å². The third-order valence-corrected chi connectivity index (χ3v) is 3.15. The van der Waals surface area contributed by atoms with Crippen LogP contribution in [0.4, 0.5) is 14.5 Å². The van der Waals surface area contributed by atoms with Crippen LogP contribution in [0.25, 0.3) is 0 Å². The van der Waals surface area contributed by atoms with Crippen LogP contribution in [0.5, 0.6) is 0 Å². The number of hydrogen-bond donors (Lipinski definition) is 1. The largest absolute Gasteiger partial charge is 0.383 e. The lowest BCUT2D eigenvalue weighted by Crippen LogP contribution is -2.28. The van der Waals surface area contributed by atoms with Crippen LogP contribution in [0.1, 0.15) is 18.4 Å². The van der Waals surface area contributed by atoms with E-state index in [4.69, 9.17) is 4.74 Å². The molecule has 1 aliphatic rings. The van der Waals surface area contributed by atoms with E-state index in [2.05, 4.69) is 5.32 Å². The molecule has 1 atom stereocenters. The van der Waals surface area contributed by atoms with Gasteiger partial charge in [-0.15, -0.1) is 0 Å². The lowest BCUT2D eigenvalue weighted by atomic mass is 10.1. The normalized spacial score (nSPS) is 16.9. The van der Waals surface area contributed by atoms with Crippen molar-refractivity contribution in [3.05, 3.63) is 29.3 Å². The maximum Gasteiger partial charge on any atom is 0.152 e. The van der Waals surface area contributed by atoms with Gasteiger partial charge in [-0.1, -0.05) is 6.07 Å². The number of hydrogen-bond acceptors (Lipinski definition) is 2. The molecule has 0 amide bonds. The van der Waals surface area contributed by atoms with E-state index in [-0.39, 0.29) is 11.7 Å². The lowest BCUT2D eigenvalue weighted by molar-refractivity contribution is 0.179. The number of anilines is 1.